The molecule has 1 unspecified atom stereocenters. The van der Waals surface area contributed by atoms with Crippen LogP contribution in [0, 0.1) is 5.89 Å². The van der Waals surface area contributed by atoms with Gasteiger partial charge in [0.25, 0.3) is 0 Å². The van der Waals surface area contributed by atoms with Crippen LogP contribution in [-0.4, -0.2) is 5.78 Å². The number of carbonyl (C=O) groups is 1. The summed E-state index contributed by atoms with van der Waals surface area (Å²) < 4.78 is 22.4. The Morgan fingerprint density at radius 1 is 2.00 bits per heavy atom. The minimum absolute atomic E-state index is 0.218. The van der Waals surface area contributed by atoms with Crippen molar-refractivity contribution >= 4 is 5.78 Å². The fraction of sp³-hybridized carbons (Fsp3) is 0.875. The molecule has 0 bridgehead atoms. The molecule has 1 fully saturated rings. The van der Waals surface area contributed by atoms with E-state index in [1.165, 1.54) is 0 Å². The lowest BCUT2D eigenvalue weighted by molar-refractivity contribution is -0.120. The van der Waals surface area contributed by atoms with Gasteiger partial charge in [0.15, 0.2) is 0 Å². The molecule has 0 aromatic rings. The Bertz CT molecular complexity index is 202. The predicted octanol–water partition coefficient (Wildman–Crippen LogP) is 2.16. The van der Waals surface area contributed by atoms with Gasteiger partial charge in [0.05, 0.1) is 0 Å². The molecule has 0 saturated heterocycles. The molecule has 0 spiro atoms. The highest BCUT2D eigenvalue weighted by Crippen LogP contribution is 2.24. The fourth-order valence-electron chi connectivity index (χ4n) is 1.11. The van der Waals surface area contributed by atoms with Crippen LogP contribution < -0.4 is 0 Å². The van der Waals surface area contributed by atoms with Crippen molar-refractivity contribution in [3.8, 4) is 0 Å². The quantitative estimate of drug-likeness (QED) is 0.558. The van der Waals surface area contributed by atoms with Crippen molar-refractivity contribution in [1.29, 1.82) is 0 Å². The number of rotatable bonds is 2. The molecule has 0 radical (unpaired) electrons. The predicted molar refractivity (Wildman–Crippen MR) is 37.3 cm³/mol. The van der Waals surface area contributed by atoms with Crippen LogP contribution in [0.15, 0.2) is 0 Å². The summed E-state index contributed by atoms with van der Waals surface area (Å²) in [6, 6.07) is 0. The van der Waals surface area contributed by atoms with Crippen molar-refractivity contribution in [2.45, 2.75) is 39.0 Å². The van der Waals surface area contributed by atoms with Crippen LogP contribution in [0.4, 0.5) is 0 Å². The van der Waals surface area contributed by atoms with Crippen molar-refractivity contribution in [3.05, 3.63) is 0 Å². The highest BCUT2D eigenvalue weighted by atomic mass is 16.1. The lowest BCUT2D eigenvalue weighted by atomic mass is 10.0. The second kappa shape index (κ2) is 3.00. The molecule has 1 saturated carbocycles. The maximum absolute atomic E-state index is 11.4. The Morgan fingerprint density at radius 2 is 2.78 bits per heavy atom. The highest BCUT2D eigenvalue weighted by molar-refractivity contribution is 5.82. The molecule has 0 aliphatic heterocycles. The van der Waals surface area contributed by atoms with Gasteiger partial charge in [-0.1, -0.05) is 13.3 Å². The lowest BCUT2D eigenvalue weighted by Crippen LogP contribution is -2.04. The molecular formula is C8H14O. The van der Waals surface area contributed by atoms with Gasteiger partial charge in [-0.25, -0.2) is 0 Å². The zero-order valence-corrected chi connectivity index (χ0v) is 5.74. The summed E-state index contributed by atoms with van der Waals surface area (Å²) in [5, 5.41) is 0. The van der Waals surface area contributed by atoms with Gasteiger partial charge in [0.1, 0.15) is 5.78 Å². The molecule has 1 rings (SSSR count). The highest BCUT2D eigenvalue weighted by Gasteiger charge is 2.22. The van der Waals surface area contributed by atoms with Crippen molar-refractivity contribution in [1.82, 2.24) is 0 Å². The van der Waals surface area contributed by atoms with Gasteiger partial charge >= 0.3 is 0 Å². The van der Waals surface area contributed by atoms with Crippen LogP contribution in [0.25, 0.3) is 0 Å². The van der Waals surface area contributed by atoms with E-state index in [-0.39, 0.29) is 6.42 Å². The Balaban J connectivity index is 2.78. The minimum atomic E-state index is -1.74. The molecule has 0 heterocycles. The SMILES string of the molecule is [2H]C1([2H])CCC([2H])(CCC)C1=O. The topological polar surface area (TPSA) is 17.1 Å². The smallest absolute Gasteiger partial charge is 0.135 e. The maximum Gasteiger partial charge on any atom is 0.135 e. The molecule has 0 aromatic carbocycles. The summed E-state index contributed by atoms with van der Waals surface area (Å²) in [4.78, 5) is 11.4. The lowest BCUT2D eigenvalue weighted by Gasteiger charge is -2.02. The van der Waals surface area contributed by atoms with Crippen LogP contribution in [0.1, 0.15) is 43.1 Å². The van der Waals surface area contributed by atoms with E-state index < -0.39 is 18.1 Å². The first kappa shape index (κ1) is 3.75. The van der Waals surface area contributed by atoms with E-state index in [0.29, 0.717) is 12.8 Å². The van der Waals surface area contributed by atoms with Crippen molar-refractivity contribution < 1.29 is 8.91 Å². The molecule has 0 aromatic heterocycles. The zero-order valence-electron chi connectivity index (χ0n) is 8.74. The average molecular weight is 129 g/mol. The molecule has 1 aliphatic rings. The van der Waals surface area contributed by atoms with Crippen LogP contribution >= 0.6 is 0 Å². The Hall–Kier alpha value is -0.330. The largest absolute Gasteiger partial charge is 0.299 e. The molecule has 1 nitrogen and oxygen atoms in total. The molecule has 0 amide bonds. The van der Waals surface area contributed by atoms with Gasteiger partial charge in [-0.2, -0.15) is 0 Å². The first-order chi connectivity index (χ1) is 5.42. The van der Waals surface area contributed by atoms with E-state index in [9.17, 15) is 4.79 Å². The van der Waals surface area contributed by atoms with Gasteiger partial charge in [0, 0.05) is 16.4 Å². The Kier molecular flexibility index (Phi) is 1.25. The summed E-state index contributed by atoms with van der Waals surface area (Å²) in [5.41, 5.74) is 0. The van der Waals surface area contributed by atoms with Crippen LogP contribution in [-0.2, 0) is 4.79 Å². The third-order valence-corrected chi connectivity index (χ3v) is 1.59. The number of hydrogen-bond acceptors (Lipinski definition) is 1. The van der Waals surface area contributed by atoms with Crippen LogP contribution in [0.5, 0.6) is 0 Å². The summed E-state index contributed by atoms with van der Waals surface area (Å²) in [7, 11) is 0. The molecule has 52 valence electrons. The third kappa shape index (κ3) is 1.54. The van der Waals surface area contributed by atoms with Gasteiger partial charge in [-0.3, -0.25) is 4.79 Å². The standard InChI is InChI=1S/C8H14O/c1-2-4-7-5-3-6-8(7)9/h7H,2-6H2,1H3/i6D2,7D. The van der Waals surface area contributed by atoms with Gasteiger partial charge in [-0.05, 0) is 19.3 Å². The number of carbonyl (C=O) groups excluding carboxylic acids is 1. The molecule has 9 heavy (non-hydrogen) atoms. The van der Waals surface area contributed by atoms with E-state index in [1.807, 2.05) is 6.92 Å². The van der Waals surface area contributed by atoms with Crippen LogP contribution in [0.3, 0.4) is 0 Å². The van der Waals surface area contributed by atoms with E-state index in [2.05, 4.69) is 0 Å². The Labute approximate surface area is 60.7 Å². The molecule has 1 atom stereocenters. The number of Topliss-reactive ketones (excluding diaryl/α,β-unsaturated/α-hetero) is 1. The normalized spacial score (nSPS) is 45.9. The fourth-order valence-corrected chi connectivity index (χ4v) is 1.11. The van der Waals surface area contributed by atoms with E-state index in [4.69, 9.17) is 4.11 Å². The van der Waals surface area contributed by atoms with Crippen molar-refractivity contribution in [3.63, 3.8) is 0 Å². The average Bonchev–Trinajstić information content (AvgIpc) is 2.17. The molecule has 1 heteroatoms. The monoisotopic (exact) mass is 129 g/mol. The van der Waals surface area contributed by atoms with Crippen molar-refractivity contribution in [2.75, 3.05) is 0 Å². The summed E-state index contributed by atoms with van der Waals surface area (Å²) in [6.07, 6.45) is 0.121. The maximum atomic E-state index is 11.4. The second-order valence-electron chi connectivity index (χ2n) is 2.36. The first-order valence-corrected chi connectivity index (χ1v) is 3.47. The Morgan fingerprint density at radius 3 is 3.22 bits per heavy atom. The van der Waals surface area contributed by atoms with Gasteiger partial charge in [-0.15, -0.1) is 0 Å². The summed E-state index contributed by atoms with van der Waals surface area (Å²) in [6.45, 7) is 1.91. The van der Waals surface area contributed by atoms with Crippen LogP contribution in [0.2, 0.25) is 0 Å². The number of ketones is 1. The van der Waals surface area contributed by atoms with Crippen molar-refractivity contribution in [2.24, 2.45) is 5.89 Å². The van der Waals surface area contributed by atoms with E-state index in [1.54, 1.807) is 0 Å². The second-order valence-corrected chi connectivity index (χ2v) is 2.36. The number of hydrogen-bond donors (Lipinski definition) is 0. The van der Waals surface area contributed by atoms with Gasteiger partial charge < -0.3 is 0 Å². The van der Waals surface area contributed by atoms with Gasteiger partial charge in [0.2, 0.25) is 0 Å². The minimum Gasteiger partial charge on any atom is -0.299 e. The molecule has 0 N–H and O–H groups in total. The van der Waals surface area contributed by atoms with E-state index >= 15 is 0 Å². The third-order valence-electron chi connectivity index (χ3n) is 1.59. The summed E-state index contributed by atoms with van der Waals surface area (Å²) in [5.74, 6) is -1.64. The van der Waals surface area contributed by atoms with E-state index in [0.717, 1.165) is 6.42 Å². The zero-order chi connectivity index (χ0) is 9.41. The summed E-state index contributed by atoms with van der Waals surface area (Å²) >= 11 is 0. The molecular weight excluding hydrogens is 112 g/mol. The first-order valence-electron chi connectivity index (χ1n) is 4.97. The molecule has 1 aliphatic carbocycles.